The van der Waals surface area contributed by atoms with Gasteiger partial charge in [0.15, 0.2) is 5.69 Å². The second-order valence-corrected chi connectivity index (χ2v) is 9.48. The van der Waals surface area contributed by atoms with Crippen molar-refractivity contribution in [1.29, 1.82) is 0 Å². The van der Waals surface area contributed by atoms with Crippen LogP contribution in [0.25, 0.3) is 0 Å². The first-order chi connectivity index (χ1) is 17.1. The lowest BCUT2D eigenvalue weighted by atomic mass is 10.1. The van der Waals surface area contributed by atoms with Crippen molar-refractivity contribution in [3.8, 4) is 5.75 Å². The first kappa shape index (κ1) is 25.5. The number of β-amino-alcohol motifs (C(OH)–C–C–N with tert-alkyl or cyclic N) is 1. The summed E-state index contributed by atoms with van der Waals surface area (Å²) < 4.78 is 11.0. The summed E-state index contributed by atoms with van der Waals surface area (Å²) in [6, 6.07) is 8.01. The van der Waals surface area contributed by atoms with E-state index in [1.807, 2.05) is 23.1 Å². The fourth-order valence-electron chi connectivity index (χ4n) is 4.77. The van der Waals surface area contributed by atoms with E-state index < -0.39 is 0 Å². The highest BCUT2D eigenvalue weighted by Gasteiger charge is 2.26. The molecule has 3 heterocycles. The number of unbranched alkanes of at least 4 members (excludes halogenated alkanes) is 1. The zero-order valence-corrected chi connectivity index (χ0v) is 21.1. The molecule has 0 spiro atoms. The number of carbonyl (C=O) groups excluding carboxylic acids is 1. The average Bonchev–Trinajstić information content (AvgIpc) is 3.36. The summed E-state index contributed by atoms with van der Waals surface area (Å²) in [5.74, 6) is 1.35. The van der Waals surface area contributed by atoms with E-state index in [0.29, 0.717) is 31.2 Å². The number of hydrogen-bond acceptors (Lipinski definition) is 8. The van der Waals surface area contributed by atoms with Gasteiger partial charge >= 0.3 is 0 Å². The fourth-order valence-corrected chi connectivity index (χ4v) is 4.77. The molecule has 192 valence electrons. The maximum Gasteiger partial charge on any atom is 0.275 e. The van der Waals surface area contributed by atoms with Crippen molar-refractivity contribution in [2.75, 3.05) is 70.9 Å². The maximum atomic E-state index is 13.0. The molecule has 9 heteroatoms. The second kappa shape index (κ2) is 12.4. The summed E-state index contributed by atoms with van der Waals surface area (Å²) in [4.78, 5) is 26.2. The topological polar surface area (TPSA) is 85.5 Å². The molecule has 2 aliphatic rings. The molecule has 1 aromatic carbocycles. The third-order valence-electron chi connectivity index (χ3n) is 6.94. The number of aliphatic hydroxyl groups excluding tert-OH is 1. The summed E-state index contributed by atoms with van der Waals surface area (Å²) in [6.07, 6.45) is 4.32. The third kappa shape index (κ3) is 6.96. The molecular weight excluding hydrogens is 446 g/mol. The van der Waals surface area contributed by atoms with Crippen molar-refractivity contribution >= 4 is 11.6 Å². The van der Waals surface area contributed by atoms with Crippen LogP contribution in [-0.2, 0) is 6.54 Å². The maximum absolute atomic E-state index is 13.0. The summed E-state index contributed by atoms with van der Waals surface area (Å²) in [5, 5.41) is 10.2. The smallest absolute Gasteiger partial charge is 0.275 e. The number of amides is 1. The number of benzene rings is 1. The highest BCUT2D eigenvalue weighted by molar-refractivity contribution is 5.92. The van der Waals surface area contributed by atoms with Crippen molar-refractivity contribution < 1.29 is 19.1 Å². The van der Waals surface area contributed by atoms with Gasteiger partial charge in [-0.2, -0.15) is 0 Å². The van der Waals surface area contributed by atoms with Crippen LogP contribution in [0.1, 0.15) is 42.6 Å². The molecule has 1 atom stereocenters. The Bertz CT molecular complexity index is 935. The lowest BCUT2D eigenvalue weighted by molar-refractivity contribution is 0.0627. The van der Waals surface area contributed by atoms with Crippen LogP contribution in [-0.4, -0.2) is 103 Å². The van der Waals surface area contributed by atoms with E-state index in [2.05, 4.69) is 32.7 Å². The highest BCUT2D eigenvalue weighted by atomic mass is 16.5. The zero-order valence-electron chi connectivity index (χ0n) is 21.1. The van der Waals surface area contributed by atoms with Crippen LogP contribution >= 0.6 is 0 Å². The normalized spacial score (nSPS) is 18.6. The predicted molar refractivity (Wildman–Crippen MR) is 135 cm³/mol. The number of aliphatic hydroxyl groups is 1. The average molecular weight is 486 g/mol. The molecule has 0 aliphatic carbocycles. The number of rotatable bonds is 10. The number of aromatic nitrogens is 1. The monoisotopic (exact) mass is 485 g/mol. The Hall–Kier alpha value is -2.62. The first-order valence-electron chi connectivity index (χ1n) is 12.8. The van der Waals surface area contributed by atoms with E-state index in [4.69, 9.17) is 9.15 Å². The summed E-state index contributed by atoms with van der Waals surface area (Å²) >= 11 is 0. The van der Waals surface area contributed by atoms with Gasteiger partial charge in [-0.05, 0) is 18.6 Å². The number of methoxy groups -OCH3 is 1. The number of piperazine rings is 2. The molecule has 2 fully saturated rings. The summed E-state index contributed by atoms with van der Waals surface area (Å²) in [7, 11) is 1.67. The Morgan fingerprint density at radius 2 is 1.86 bits per heavy atom. The van der Waals surface area contributed by atoms with E-state index in [1.165, 1.54) is 6.26 Å². The molecule has 2 aliphatic heterocycles. The number of carbonyl (C=O) groups is 1. The van der Waals surface area contributed by atoms with E-state index in [1.54, 1.807) is 7.11 Å². The number of hydrogen-bond donors (Lipinski definition) is 1. The number of oxazole rings is 1. The molecule has 2 saturated heterocycles. The Morgan fingerprint density at radius 1 is 1.11 bits per heavy atom. The number of nitrogens with zero attached hydrogens (tertiary/aromatic N) is 5. The van der Waals surface area contributed by atoms with Crippen molar-refractivity contribution in [2.24, 2.45) is 0 Å². The standard InChI is InChI=1S/C26H39N5O4/c1-3-4-7-22(32)18-28-9-11-29(12-10-28)19-25-27-24(20-35-25)26(33)31-15-13-30(14-16-31)21-6-5-8-23(17-21)34-2/h5-6,8,17,20,22,32H,3-4,7,9-16,18-19H2,1-2H3. The van der Waals surface area contributed by atoms with Crippen LogP contribution in [0.15, 0.2) is 34.9 Å². The molecule has 1 aromatic heterocycles. The highest BCUT2D eigenvalue weighted by Crippen LogP contribution is 2.22. The quantitative estimate of drug-likeness (QED) is 0.549. The molecule has 1 unspecified atom stereocenters. The molecule has 9 nitrogen and oxygen atoms in total. The zero-order chi connectivity index (χ0) is 24.6. The molecule has 4 rings (SSSR count). The van der Waals surface area contributed by atoms with Crippen LogP contribution < -0.4 is 9.64 Å². The van der Waals surface area contributed by atoms with E-state index in [9.17, 15) is 9.90 Å². The van der Waals surface area contributed by atoms with Gasteiger partial charge in [-0.25, -0.2) is 4.98 Å². The molecule has 1 N–H and O–H groups in total. The minimum Gasteiger partial charge on any atom is -0.497 e. The van der Waals surface area contributed by atoms with E-state index >= 15 is 0 Å². The van der Waals surface area contributed by atoms with Crippen molar-refractivity contribution in [2.45, 2.75) is 38.8 Å². The van der Waals surface area contributed by atoms with Crippen LogP contribution in [0, 0.1) is 0 Å². The minimum absolute atomic E-state index is 0.0730. The van der Waals surface area contributed by atoms with Gasteiger partial charge in [0.05, 0.1) is 19.8 Å². The van der Waals surface area contributed by atoms with Gasteiger partial charge in [0.25, 0.3) is 5.91 Å². The van der Waals surface area contributed by atoms with Crippen LogP contribution in [0.5, 0.6) is 5.75 Å². The van der Waals surface area contributed by atoms with Crippen LogP contribution in [0.4, 0.5) is 5.69 Å². The SMILES string of the molecule is CCCCC(O)CN1CCN(Cc2nc(C(=O)N3CCN(c4cccc(OC)c4)CC3)co2)CC1. The van der Waals surface area contributed by atoms with Crippen LogP contribution in [0.2, 0.25) is 0 Å². The van der Waals surface area contributed by atoms with Gasteiger partial charge in [-0.1, -0.05) is 25.8 Å². The Kier molecular flexibility index (Phi) is 9.01. The Morgan fingerprint density at radius 3 is 2.57 bits per heavy atom. The van der Waals surface area contributed by atoms with Gasteiger partial charge in [-0.15, -0.1) is 0 Å². The second-order valence-electron chi connectivity index (χ2n) is 9.48. The van der Waals surface area contributed by atoms with Crippen molar-refractivity contribution in [3.63, 3.8) is 0 Å². The lowest BCUT2D eigenvalue weighted by Crippen LogP contribution is -2.49. The molecule has 1 amide bonds. The van der Waals surface area contributed by atoms with E-state index in [0.717, 1.165) is 76.5 Å². The Balaban J connectivity index is 1.21. The predicted octanol–water partition coefficient (Wildman–Crippen LogP) is 2.31. The van der Waals surface area contributed by atoms with Crippen molar-refractivity contribution in [1.82, 2.24) is 19.7 Å². The van der Waals surface area contributed by atoms with Gasteiger partial charge < -0.3 is 24.1 Å². The summed E-state index contributed by atoms with van der Waals surface area (Å²) in [5.41, 5.74) is 1.49. The largest absolute Gasteiger partial charge is 0.497 e. The van der Waals surface area contributed by atoms with Gasteiger partial charge in [-0.3, -0.25) is 14.6 Å². The molecule has 2 aromatic rings. The molecule has 0 bridgehead atoms. The molecular formula is C26H39N5O4. The lowest BCUT2D eigenvalue weighted by Gasteiger charge is -2.35. The van der Waals surface area contributed by atoms with Crippen LogP contribution in [0.3, 0.4) is 0 Å². The number of ether oxygens (including phenoxy) is 1. The van der Waals surface area contributed by atoms with Gasteiger partial charge in [0.2, 0.25) is 5.89 Å². The molecule has 0 saturated carbocycles. The van der Waals surface area contributed by atoms with E-state index in [-0.39, 0.29) is 12.0 Å². The Labute approximate surface area is 208 Å². The summed E-state index contributed by atoms with van der Waals surface area (Å²) in [6.45, 7) is 9.96. The van der Waals surface area contributed by atoms with Crippen molar-refractivity contribution in [3.05, 3.63) is 42.1 Å². The van der Waals surface area contributed by atoms with Gasteiger partial charge in [0, 0.05) is 70.7 Å². The molecule has 35 heavy (non-hydrogen) atoms. The molecule has 0 radical (unpaired) electrons. The number of anilines is 1. The fraction of sp³-hybridized carbons (Fsp3) is 0.615. The van der Waals surface area contributed by atoms with Gasteiger partial charge in [0.1, 0.15) is 12.0 Å². The first-order valence-corrected chi connectivity index (χ1v) is 12.8. The third-order valence-corrected chi connectivity index (χ3v) is 6.94. The minimum atomic E-state index is -0.237.